The first-order valence-corrected chi connectivity index (χ1v) is 13.4. The molecule has 0 bridgehead atoms. The first-order chi connectivity index (χ1) is 19.4. The van der Waals surface area contributed by atoms with Crippen LogP contribution in [0.1, 0.15) is 71.7 Å². The zero-order chi connectivity index (χ0) is 29.5. The lowest BCUT2D eigenvalue weighted by atomic mass is 9.91. The maximum atomic E-state index is 15.5. The number of aromatic nitrogens is 4. The van der Waals surface area contributed by atoms with E-state index in [1.807, 2.05) is 13.0 Å². The van der Waals surface area contributed by atoms with Crippen LogP contribution in [0.3, 0.4) is 0 Å². The zero-order valence-electron chi connectivity index (χ0n) is 23.6. The number of nitrogens with zero attached hydrogens (tertiary/aromatic N) is 4. The SMILES string of the molecule is Cc1nc2cc(C(=O)NCc3cccnc3)nn2c(-c2cc(F)c3c(c2C)CCCO3)c1[C@H](OC(C)(C)C)C(=O)O. The Morgan fingerprint density at radius 3 is 2.73 bits per heavy atom. The molecule has 0 spiro atoms. The topological polar surface area (TPSA) is 128 Å². The van der Waals surface area contributed by atoms with E-state index in [2.05, 4.69) is 20.4 Å². The predicted molar refractivity (Wildman–Crippen MR) is 148 cm³/mol. The Morgan fingerprint density at radius 2 is 2.05 bits per heavy atom. The van der Waals surface area contributed by atoms with Gasteiger partial charge in [0.1, 0.15) is 0 Å². The van der Waals surface area contributed by atoms with Crippen molar-refractivity contribution < 1.29 is 28.6 Å². The van der Waals surface area contributed by atoms with Crippen LogP contribution in [-0.2, 0) is 22.5 Å². The molecule has 0 fully saturated rings. The molecule has 3 aromatic heterocycles. The Bertz CT molecular complexity index is 1650. The highest BCUT2D eigenvalue weighted by Crippen LogP contribution is 2.41. The van der Waals surface area contributed by atoms with Crippen LogP contribution in [0.15, 0.2) is 36.7 Å². The molecule has 2 N–H and O–H groups in total. The van der Waals surface area contributed by atoms with Gasteiger partial charge in [0.05, 0.1) is 17.9 Å². The minimum absolute atomic E-state index is 0.0715. The van der Waals surface area contributed by atoms with Gasteiger partial charge in [-0.15, -0.1) is 0 Å². The fourth-order valence-corrected chi connectivity index (χ4v) is 5.08. The van der Waals surface area contributed by atoms with Gasteiger partial charge in [-0.2, -0.15) is 5.10 Å². The van der Waals surface area contributed by atoms with E-state index < -0.39 is 29.4 Å². The molecule has 1 aromatic carbocycles. The minimum atomic E-state index is -1.44. The fraction of sp³-hybridized carbons (Fsp3) is 0.367. The molecule has 4 aromatic rings. The van der Waals surface area contributed by atoms with Crippen LogP contribution < -0.4 is 10.1 Å². The second kappa shape index (κ2) is 10.9. The maximum Gasteiger partial charge on any atom is 0.337 e. The van der Waals surface area contributed by atoms with Gasteiger partial charge in [0.25, 0.3) is 5.91 Å². The molecule has 4 heterocycles. The number of benzene rings is 1. The summed E-state index contributed by atoms with van der Waals surface area (Å²) in [5, 5.41) is 17.7. The van der Waals surface area contributed by atoms with E-state index in [9.17, 15) is 14.7 Å². The first-order valence-electron chi connectivity index (χ1n) is 13.4. The van der Waals surface area contributed by atoms with E-state index in [0.29, 0.717) is 41.2 Å². The van der Waals surface area contributed by atoms with Crippen LogP contribution in [0.25, 0.3) is 16.9 Å². The number of aryl methyl sites for hydroxylation is 1. The van der Waals surface area contributed by atoms with Crippen LogP contribution in [0.5, 0.6) is 5.75 Å². The van der Waals surface area contributed by atoms with Crippen molar-refractivity contribution in [3.05, 3.63) is 76.1 Å². The number of carboxylic acid groups (broad SMARTS) is 1. The molecule has 0 saturated heterocycles. The number of pyridine rings is 1. The number of rotatable bonds is 7. The number of nitrogens with one attached hydrogen (secondary N) is 1. The summed E-state index contributed by atoms with van der Waals surface area (Å²) in [7, 11) is 0. The van der Waals surface area contributed by atoms with Gasteiger partial charge < -0.3 is 19.9 Å². The summed E-state index contributed by atoms with van der Waals surface area (Å²) in [6.45, 7) is 9.43. The lowest BCUT2D eigenvalue weighted by molar-refractivity contribution is -0.160. The van der Waals surface area contributed by atoms with Gasteiger partial charge in [-0.3, -0.25) is 9.78 Å². The normalized spacial score (nSPS) is 13.9. The van der Waals surface area contributed by atoms with Gasteiger partial charge in [0, 0.05) is 47.4 Å². The summed E-state index contributed by atoms with van der Waals surface area (Å²) in [6, 6.07) is 6.46. The molecule has 0 saturated carbocycles. The number of carbonyl (C=O) groups excluding carboxylic acids is 1. The highest BCUT2D eigenvalue weighted by molar-refractivity contribution is 5.93. The molecular formula is C30H32FN5O5. The third-order valence-corrected chi connectivity index (χ3v) is 6.89. The Balaban J connectivity index is 1.72. The summed E-state index contributed by atoms with van der Waals surface area (Å²) in [5.74, 6) is -2.03. The number of aliphatic carboxylic acids is 1. The third-order valence-electron chi connectivity index (χ3n) is 6.89. The quantitative estimate of drug-likeness (QED) is 0.331. The molecule has 1 amide bonds. The van der Waals surface area contributed by atoms with E-state index in [-0.39, 0.29) is 23.6 Å². The highest BCUT2D eigenvalue weighted by Gasteiger charge is 2.34. The van der Waals surface area contributed by atoms with Crippen molar-refractivity contribution in [2.24, 2.45) is 0 Å². The van der Waals surface area contributed by atoms with Crippen molar-refractivity contribution in [3.63, 3.8) is 0 Å². The van der Waals surface area contributed by atoms with Crippen LogP contribution >= 0.6 is 0 Å². The molecule has 0 radical (unpaired) electrons. The molecular weight excluding hydrogens is 529 g/mol. The average molecular weight is 562 g/mol. The highest BCUT2D eigenvalue weighted by atomic mass is 19.1. The first kappa shape index (κ1) is 28.2. The van der Waals surface area contributed by atoms with Crippen LogP contribution in [0.2, 0.25) is 0 Å². The Hall–Kier alpha value is -4.38. The van der Waals surface area contributed by atoms with E-state index in [4.69, 9.17) is 9.47 Å². The standard InChI is InChI=1S/C30H32FN5O5/c1-16-19-9-7-11-40-26(19)21(31)12-20(16)25-24(27(29(38)39)41-30(3,4)5)17(2)34-23-13-22(35-36(23)25)28(37)33-15-18-8-6-10-32-14-18/h6,8,10,12-14,27H,7,9,11,15H2,1-5H3,(H,33,37)(H,38,39)/t27-/m0/s1. The zero-order valence-corrected chi connectivity index (χ0v) is 23.6. The van der Waals surface area contributed by atoms with E-state index in [1.165, 1.54) is 16.6 Å². The Morgan fingerprint density at radius 1 is 1.27 bits per heavy atom. The van der Waals surface area contributed by atoms with Gasteiger partial charge in [-0.05, 0) is 70.7 Å². The van der Waals surface area contributed by atoms with Gasteiger partial charge in [-0.1, -0.05) is 6.07 Å². The number of amides is 1. The lowest BCUT2D eigenvalue weighted by Crippen LogP contribution is -2.29. The van der Waals surface area contributed by atoms with E-state index in [1.54, 1.807) is 46.2 Å². The van der Waals surface area contributed by atoms with Gasteiger partial charge in [0.2, 0.25) is 0 Å². The predicted octanol–water partition coefficient (Wildman–Crippen LogP) is 4.74. The number of ether oxygens (including phenoxy) is 2. The molecule has 214 valence electrons. The van der Waals surface area contributed by atoms with Crippen molar-refractivity contribution in [2.45, 2.75) is 65.7 Å². The molecule has 5 rings (SSSR count). The molecule has 11 heteroatoms. The molecule has 1 atom stereocenters. The lowest BCUT2D eigenvalue weighted by Gasteiger charge is -2.28. The van der Waals surface area contributed by atoms with Crippen molar-refractivity contribution >= 4 is 17.5 Å². The summed E-state index contributed by atoms with van der Waals surface area (Å²) in [5.41, 5.74) is 3.11. The number of carbonyl (C=O) groups is 2. The van der Waals surface area contributed by atoms with Crippen molar-refractivity contribution in [1.29, 1.82) is 0 Å². The molecule has 41 heavy (non-hydrogen) atoms. The number of fused-ring (bicyclic) bond motifs is 2. The average Bonchev–Trinajstić information content (AvgIpc) is 3.35. The number of halogens is 1. The third kappa shape index (κ3) is 5.62. The smallest absolute Gasteiger partial charge is 0.337 e. The van der Waals surface area contributed by atoms with E-state index >= 15 is 4.39 Å². The molecule has 10 nitrogen and oxygen atoms in total. The van der Waals surface area contributed by atoms with Gasteiger partial charge in [0.15, 0.2) is 29.0 Å². The van der Waals surface area contributed by atoms with Crippen molar-refractivity contribution in [1.82, 2.24) is 24.9 Å². The largest absolute Gasteiger partial charge is 0.490 e. The minimum Gasteiger partial charge on any atom is -0.490 e. The van der Waals surface area contributed by atoms with Gasteiger partial charge in [-0.25, -0.2) is 18.7 Å². The fourth-order valence-electron chi connectivity index (χ4n) is 5.08. The Labute approximate surface area is 236 Å². The monoisotopic (exact) mass is 561 g/mol. The second-order valence-electron chi connectivity index (χ2n) is 11.0. The summed E-state index contributed by atoms with van der Waals surface area (Å²) in [4.78, 5) is 34.4. The van der Waals surface area contributed by atoms with Gasteiger partial charge >= 0.3 is 5.97 Å². The Kier molecular flexibility index (Phi) is 7.48. The van der Waals surface area contributed by atoms with Crippen LogP contribution in [0.4, 0.5) is 4.39 Å². The molecule has 1 aliphatic rings. The number of carboxylic acids is 1. The summed E-state index contributed by atoms with van der Waals surface area (Å²) >= 11 is 0. The van der Waals surface area contributed by atoms with Crippen molar-refractivity contribution in [3.8, 4) is 17.0 Å². The number of hydrogen-bond donors (Lipinski definition) is 2. The van der Waals surface area contributed by atoms with Crippen molar-refractivity contribution in [2.75, 3.05) is 6.61 Å². The molecule has 0 aliphatic carbocycles. The maximum absolute atomic E-state index is 15.5. The summed E-state index contributed by atoms with van der Waals surface area (Å²) < 4.78 is 28.5. The van der Waals surface area contributed by atoms with E-state index in [0.717, 1.165) is 17.5 Å². The second-order valence-corrected chi connectivity index (χ2v) is 11.0. The summed E-state index contributed by atoms with van der Waals surface area (Å²) in [6.07, 6.45) is 3.19. The van der Waals surface area contributed by atoms with Crippen LogP contribution in [0, 0.1) is 19.7 Å². The number of hydrogen-bond acceptors (Lipinski definition) is 7. The molecule has 1 aliphatic heterocycles. The van der Waals surface area contributed by atoms with Crippen LogP contribution in [-0.4, -0.2) is 48.8 Å². The molecule has 0 unspecified atom stereocenters.